The highest BCUT2D eigenvalue weighted by atomic mass is 16.5. The van der Waals surface area contributed by atoms with Gasteiger partial charge in [-0.05, 0) is 139 Å². The molecule has 4 heterocycles. The average Bonchev–Trinajstić information content (AvgIpc) is 4.11. The van der Waals surface area contributed by atoms with Crippen LogP contribution in [0, 0.1) is 5.41 Å². The van der Waals surface area contributed by atoms with Crippen molar-refractivity contribution >= 4 is 82.5 Å². The minimum absolute atomic E-state index is 0.176. The highest BCUT2D eigenvalue weighted by molar-refractivity contribution is 6.11. The second-order valence-electron chi connectivity index (χ2n) is 20.2. The third-order valence-electron chi connectivity index (χ3n) is 15.6. The van der Waals surface area contributed by atoms with Gasteiger partial charge in [0.2, 0.25) is 0 Å². The standard InChI is InChI=1S/C68H54N4O2/c1-2-68(45-74-46-68)44-73-43-49-15-13-14-47(41-49)40-48-26-39-61-60-20-7-12-25-66(60)72(67(61)42-48)55-37-31-52(32-38-55)69(50-27-33-53(34-28-50)70-62-21-8-3-16-56(62)57-17-4-9-22-63(57)70)51-29-35-54(36-30-51)71-64-23-10-5-18-58(64)59-19-6-11-24-65(59)71/h3-39,41-42H,2,40,43-46H2,1H3. The van der Waals surface area contributed by atoms with Crippen LogP contribution in [-0.4, -0.2) is 33.5 Å². The molecule has 1 saturated heterocycles. The third kappa shape index (κ3) is 7.48. The van der Waals surface area contributed by atoms with Crippen molar-refractivity contribution in [1.82, 2.24) is 13.7 Å². The van der Waals surface area contributed by atoms with Crippen LogP contribution < -0.4 is 4.90 Å². The smallest absolute Gasteiger partial charge is 0.0717 e. The number of nitrogens with zero attached hydrogens (tertiary/aromatic N) is 4. The topological polar surface area (TPSA) is 36.5 Å². The number of anilines is 3. The van der Waals surface area contributed by atoms with Crippen LogP contribution in [-0.2, 0) is 22.5 Å². The third-order valence-corrected chi connectivity index (χ3v) is 15.6. The first-order valence-corrected chi connectivity index (χ1v) is 25.9. The molecule has 0 spiro atoms. The fourth-order valence-corrected chi connectivity index (χ4v) is 11.7. The lowest BCUT2D eigenvalue weighted by Gasteiger charge is -2.40. The van der Waals surface area contributed by atoms with E-state index < -0.39 is 0 Å². The Morgan fingerprint density at radius 1 is 0.392 bits per heavy atom. The summed E-state index contributed by atoms with van der Waals surface area (Å²) in [6.45, 7) is 5.17. The minimum atomic E-state index is 0.176. The molecular weight excluding hydrogens is 905 g/mol. The molecule has 0 atom stereocenters. The summed E-state index contributed by atoms with van der Waals surface area (Å²) in [6, 6.07) is 86.6. The second kappa shape index (κ2) is 18.1. The van der Waals surface area contributed by atoms with E-state index in [0.717, 1.165) is 66.8 Å². The van der Waals surface area contributed by atoms with Gasteiger partial charge in [-0.15, -0.1) is 0 Å². The van der Waals surface area contributed by atoms with E-state index >= 15 is 0 Å². The normalized spacial score (nSPS) is 13.4. The van der Waals surface area contributed by atoms with Crippen molar-refractivity contribution in [2.24, 2.45) is 5.41 Å². The summed E-state index contributed by atoms with van der Waals surface area (Å²) in [5, 5.41) is 7.50. The predicted octanol–water partition coefficient (Wildman–Crippen LogP) is 17.0. The molecule has 14 rings (SSSR count). The Labute approximate surface area is 430 Å². The van der Waals surface area contributed by atoms with E-state index in [4.69, 9.17) is 9.47 Å². The molecule has 0 N–H and O–H groups in total. The summed E-state index contributed by atoms with van der Waals surface area (Å²) in [5.74, 6) is 0. The number of fused-ring (bicyclic) bond motifs is 9. The van der Waals surface area contributed by atoms with E-state index in [0.29, 0.717) is 6.61 Å². The van der Waals surface area contributed by atoms with Gasteiger partial charge in [0, 0.05) is 71.9 Å². The largest absolute Gasteiger partial charge is 0.380 e. The van der Waals surface area contributed by atoms with Gasteiger partial charge in [-0.2, -0.15) is 0 Å². The van der Waals surface area contributed by atoms with E-state index in [2.05, 4.69) is 262 Å². The molecule has 10 aromatic carbocycles. The van der Waals surface area contributed by atoms with Gasteiger partial charge in [-0.25, -0.2) is 0 Å². The van der Waals surface area contributed by atoms with Crippen LogP contribution >= 0.6 is 0 Å². The number of rotatable bonds is 13. The molecule has 13 aromatic rings. The average molecular weight is 959 g/mol. The Hall–Kier alpha value is -8.68. The Kier molecular flexibility index (Phi) is 10.8. The van der Waals surface area contributed by atoms with Crippen molar-refractivity contribution in [1.29, 1.82) is 0 Å². The first kappa shape index (κ1) is 44.1. The fourth-order valence-electron chi connectivity index (χ4n) is 11.7. The first-order chi connectivity index (χ1) is 36.6. The molecule has 0 bridgehead atoms. The van der Waals surface area contributed by atoms with E-state index in [1.807, 2.05) is 0 Å². The molecule has 358 valence electrons. The molecule has 0 aliphatic carbocycles. The van der Waals surface area contributed by atoms with Crippen molar-refractivity contribution in [3.05, 3.63) is 253 Å². The summed E-state index contributed by atoms with van der Waals surface area (Å²) >= 11 is 0. The molecule has 74 heavy (non-hydrogen) atoms. The van der Waals surface area contributed by atoms with Gasteiger partial charge in [0.25, 0.3) is 0 Å². The maximum absolute atomic E-state index is 6.25. The van der Waals surface area contributed by atoms with E-state index in [1.165, 1.54) is 82.1 Å². The molecular formula is C68H54N4O2. The summed E-state index contributed by atoms with van der Waals surface area (Å²) in [4.78, 5) is 2.38. The van der Waals surface area contributed by atoms with Crippen LogP contribution in [0.1, 0.15) is 30.0 Å². The molecule has 6 nitrogen and oxygen atoms in total. The predicted molar refractivity (Wildman–Crippen MR) is 307 cm³/mol. The van der Waals surface area contributed by atoms with E-state index in [1.54, 1.807) is 0 Å². The van der Waals surface area contributed by atoms with Gasteiger partial charge in [-0.1, -0.05) is 134 Å². The van der Waals surface area contributed by atoms with E-state index in [9.17, 15) is 0 Å². The number of para-hydroxylation sites is 5. The molecule has 6 heteroatoms. The Morgan fingerprint density at radius 3 is 1.18 bits per heavy atom. The van der Waals surface area contributed by atoms with Crippen LogP contribution in [0.4, 0.5) is 17.1 Å². The molecule has 0 amide bonds. The number of benzene rings is 10. The van der Waals surface area contributed by atoms with Gasteiger partial charge < -0.3 is 28.1 Å². The summed E-state index contributed by atoms with van der Waals surface area (Å²) in [7, 11) is 0. The second-order valence-corrected chi connectivity index (χ2v) is 20.2. The van der Waals surface area contributed by atoms with Crippen molar-refractivity contribution in [3.8, 4) is 17.1 Å². The van der Waals surface area contributed by atoms with E-state index in [-0.39, 0.29) is 5.41 Å². The molecule has 3 aromatic heterocycles. The lowest BCUT2D eigenvalue weighted by atomic mass is 9.84. The lowest BCUT2D eigenvalue weighted by Crippen LogP contribution is -2.45. The van der Waals surface area contributed by atoms with Crippen molar-refractivity contribution in [2.45, 2.75) is 26.4 Å². The zero-order valence-electron chi connectivity index (χ0n) is 41.4. The monoisotopic (exact) mass is 958 g/mol. The van der Waals surface area contributed by atoms with Gasteiger partial charge >= 0.3 is 0 Å². The minimum Gasteiger partial charge on any atom is -0.380 e. The number of hydrogen-bond donors (Lipinski definition) is 0. The highest BCUT2D eigenvalue weighted by Gasteiger charge is 2.37. The molecule has 1 aliphatic heterocycles. The molecule has 0 saturated carbocycles. The first-order valence-electron chi connectivity index (χ1n) is 25.9. The lowest BCUT2D eigenvalue weighted by molar-refractivity contribution is -0.152. The van der Waals surface area contributed by atoms with Crippen molar-refractivity contribution in [3.63, 3.8) is 0 Å². The maximum Gasteiger partial charge on any atom is 0.0717 e. The van der Waals surface area contributed by atoms with Crippen LogP contribution in [0.25, 0.3) is 82.5 Å². The summed E-state index contributed by atoms with van der Waals surface area (Å²) < 4.78 is 19.0. The maximum atomic E-state index is 6.25. The Balaban J connectivity index is 0.833. The highest BCUT2D eigenvalue weighted by Crippen LogP contribution is 2.41. The van der Waals surface area contributed by atoms with Crippen molar-refractivity contribution < 1.29 is 9.47 Å². The molecule has 1 fully saturated rings. The summed E-state index contributed by atoms with van der Waals surface area (Å²) in [5.41, 5.74) is 17.7. The Bertz CT molecular complexity index is 3940. The Morgan fingerprint density at radius 2 is 0.770 bits per heavy atom. The van der Waals surface area contributed by atoms with Gasteiger partial charge in [0.1, 0.15) is 0 Å². The molecule has 1 aliphatic rings. The van der Waals surface area contributed by atoms with Crippen LogP contribution in [0.3, 0.4) is 0 Å². The number of aromatic nitrogens is 3. The fraction of sp³-hybridized carbons (Fsp3) is 0.118. The zero-order chi connectivity index (χ0) is 49.2. The van der Waals surface area contributed by atoms with Gasteiger partial charge in [-0.3, -0.25) is 0 Å². The number of ether oxygens (including phenoxy) is 2. The van der Waals surface area contributed by atoms with Crippen molar-refractivity contribution in [2.75, 3.05) is 24.7 Å². The van der Waals surface area contributed by atoms with Crippen LogP contribution in [0.2, 0.25) is 0 Å². The molecule has 0 radical (unpaired) electrons. The SMILES string of the molecule is CCC1(COCc2cccc(Cc3ccc4c5ccccc5n(-c5ccc(N(c6ccc(-n7c8ccccc8c8ccccc87)cc6)c6ccc(-n7c8ccccc8c8ccccc87)cc6)cc5)c4c3)c2)COC1. The van der Waals surface area contributed by atoms with Gasteiger partial charge in [0.15, 0.2) is 0 Å². The number of hydrogen-bond acceptors (Lipinski definition) is 3. The quantitative estimate of drug-likeness (QED) is 0.116. The van der Waals surface area contributed by atoms with Gasteiger partial charge in [0.05, 0.1) is 59.5 Å². The summed E-state index contributed by atoms with van der Waals surface area (Å²) in [6.07, 6.45) is 1.91. The van der Waals surface area contributed by atoms with Crippen LogP contribution in [0.5, 0.6) is 0 Å². The molecule has 0 unspecified atom stereocenters. The van der Waals surface area contributed by atoms with Crippen LogP contribution in [0.15, 0.2) is 237 Å². The zero-order valence-corrected chi connectivity index (χ0v) is 41.4.